The Labute approximate surface area is 76.4 Å². The molecule has 0 spiro atoms. The minimum absolute atomic E-state index is 0.132. The highest BCUT2D eigenvalue weighted by Crippen LogP contribution is 2.35. The largest absolute Gasteiger partial charge is 0.298 e. The minimum atomic E-state index is -0.132. The molecule has 0 N–H and O–H groups in total. The van der Waals surface area contributed by atoms with Gasteiger partial charge in [-0.2, -0.15) is 0 Å². The number of allylic oxidation sites excluding steroid dienone is 4. The van der Waals surface area contributed by atoms with E-state index in [1.165, 1.54) is 0 Å². The average Bonchev–Trinajstić information content (AvgIpc) is 1.88. The predicted octanol–water partition coefficient (Wildman–Crippen LogP) is 2.56. The number of hydrogen-bond acceptors (Lipinski definition) is 1. The van der Waals surface area contributed by atoms with E-state index in [4.69, 9.17) is 0 Å². The number of carbonyl (C=O) groups excluding carboxylic acids is 1. The maximum Gasteiger partial charge on any atom is 0.149 e. The molecule has 0 aromatic rings. The van der Waals surface area contributed by atoms with Crippen molar-refractivity contribution in [3.05, 3.63) is 23.8 Å². The van der Waals surface area contributed by atoms with Crippen LogP contribution in [0.2, 0.25) is 0 Å². The van der Waals surface area contributed by atoms with Gasteiger partial charge >= 0.3 is 0 Å². The number of rotatable bonds is 1. The summed E-state index contributed by atoms with van der Waals surface area (Å²) in [6.45, 7) is 0. The molecule has 0 bridgehead atoms. The predicted molar refractivity (Wildman–Crippen MR) is 48.5 cm³/mol. The van der Waals surface area contributed by atoms with Crippen molar-refractivity contribution in [3.8, 4) is 0 Å². The van der Waals surface area contributed by atoms with Crippen molar-refractivity contribution in [1.82, 2.24) is 0 Å². The zero-order chi connectivity index (χ0) is 7.61. The van der Waals surface area contributed by atoms with Crippen LogP contribution in [0, 0.1) is 0 Å². The van der Waals surface area contributed by atoms with Gasteiger partial charge in [0.25, 0.3) is 0 Å². The molecule has 0 atom stereocenters. The highest BCUT2D eigenvalue weighted by Gasteiger charge is 2.19. The van der Waals surface area contributed by atoms with Gasteiger partial charge in [-0.15, -0.1) is 0 Å². The van der Waals surface area contributed by atoms with E-state index in [-0.39, 0.29) is 3.23 Å². The van der Waals surface area contributed by atoms with E-state index in [0.29, 0.717) is 0 Å². The molecule has 0 radical (unpaired) electrons. The molecule has 0 amide bonds. The number of hydrogen-bond donors (Lipinski definition) is 0. The monoisotopic (exact) mass is 264 g/mol. The molecule has 0 heterocycles. The van der Waals surface area contributed by atoms with E-state index < -0.39 is 0 Å². The number of alkyl halides is 2. The van der Waals surface area contributed by atoms with Crippen molar-refractivity contribution in [2.45, 2.75) is 9.65 Å². The van der Waals surface area contributed by atoms with Crippen LogP contribution in [0.4, 0.5) is 0 Å². The van der Waals surface area contributed by atoms with Gasteiger partial charge < -0.3 is 0 Å². The Morgan fingerprint density at radius 3 is 2.70 bits per heavy atom. The summed E-state index contributed by atoms with van der Waals surface area (Å²) in [5, 5.41) is 0. The second kappa shape index (κ2) is 3.01. The topological polar surface area (TPSA) is 17.1 Å². The van der Waals surface area contributed by atoms with Crippen molar-refractivity contribution in [3.63, 3.8) is 0 Å². The fraction of sp³-hybridized carbons (Fsp3) is 0.286. The first-order chi connectivity index (χ1) is 4.64. The fourth-order valence-electron chi connectivity index (χ4n) is 0.696. The fourth-order valence-corrected chi connectivity index (χ4v) is 1.28. The van der Waals surface area contributed by atoms with Crippen LogP contribution in [0.5, 0.6) is 0 Å². The van der Waals surface area contributed by atoms with E-state index in [1.807, 2.05) is 12.2 Å². The lowest BCUT2D eigenvalue weighted by atomic mass is 10.1. The van der Waals surface area contributed by atoms with Gasteiger partial charge in [-0.25, -0.2) is 0 Å². The quantitative estimate of drug-likeness (QED) is 0.526. The number of carbonyl (C=O) groups is 1. The van der Waals surface area contributed by atoms with Gasteiger partial charge in [0.1, 0.15) is 9.52 Å². The molecule has 0 aromatic heterocycles. The van der Waals surface area contributed by atoms with Gasteiger partial charge in [-0.3, -0.25) is 4.79 Å². The Hall–Kier alpha value is 0.110. The maximum absolute atomic E-state index is 10.2. The van der Waals surface area contributed by atoms with Crippen LogP contribution in [-0.2, 0) is 4.79 Å². The molecular formula is C7H6Br2O. The van der Waals surface area contributed by atoms with Crippen LogP contribution < -0.4 is 0 Å². The van der Waals surface area contributed by atoms with E-state index in [9.17, 15) is 4.79 Å². The van der Waals surface area contributed by atoms with Crippen LogP contribution in [0.25, 0.3) is 0 Å². The SMILES string of the molecule is O=CC1=CCC(Br)(Br)C=C1. The third-order valence-electron chi connectivity index (χ3n) is 1.27. The summed E-state index contributed by atoms with van der Waals surface area (Å²) in [5.74, 6) is 0. The van der Waals surface area contributed by atoms with E-state index in [1.54, 1.807) is 6.08 Å². The maximum atomic E-state index is 10.2. The summed E-state index contributed by atoms with van der Waals surface area (Å²) < 4.78 is -0.132. The Kier molecular flexibility index (Phi) is 2.47. The summed E-state index contributed by atoms with van der Waals surface area (Å²) in [4.78, 5) is 10.2. The number of halogens is 2. The summed E-state index contributed by atoms with van der Waals surface area (Å²) in [7, 11) is 0. The molecule has 0 aliphatic heterocycles. The first-order valence-corrected chi connectivity index (χ1v) is 4.45. The van der Waals surface area contributed by atoms with Gasteiger partial charge in [0, 0.05) is 5.57 Å². The lowest BCUT2D eigenvalue weighted by molar-refractivity contribution is -0.104. The average molecular weight is 266 g/mol. The first kappa shape index (κ1) is 8.21. The molecule has 0 unspecified atom stereocenters. The van der Waals surface area contributed by atoms with Gasteiger partial charge in [-0.05, 0) is 6.42 Å². The standard InChI is InChI=1S/C7H6Br2O/c8-7(9)3-1-6(5-10)2-4-7/h1-3,5H,4H2. The molecule has 10 heavy (non-hydrogen) atoms. The zero-order valence-corrected chi connectivity index (χ0v) is 8.35. The van der Waals surface area contributed by atoms with Crippen molar-refractivity contribution < 1.29 is 4.79 Å². The molecule has 3 heteroatoms. The summed E-state index contributed by atoms with van der Waals surface area (Å²) in [6.07, 6.45) is 7.25. The van der Waals surface area contributed by atoms with Crippen LogP contribution in [0.15, 0.2) is 23.8 Å². The summed E-state index contributed by atoms with van der Waals surface area (Å²) >= 11 is 6.84. The molecule has 54 valence electrons. The first-order valence-electron chi connectivity index (χ1n) is 2.86. The Balaban J connectivity index is 2.72. The summed E-state index contributed by atoms with van der Waals surface area (Å²) in [6, 6.07) is 0. The molecule has 1 aliphatic carbocycles. The van der Waals surface area contributed by atoms with Gasteiger partial charge in [0.05, 0.1) is 0 Å². The minimum Gasteiger partial charge on any atom is -0.298 e. The molecule has 0 saturated heterocycles. The molecular weight excluding hydrogens is 260 g/mol. The highest BCUT2D eigenvalue weighted by molar-refractivity contribution is 9.25. The second-order valence-electron chi connectivity index (χ2n) is 2.12. The normalized spacial score (nSPS) is 22.0. The molecule has 1 nitrogen and oxygen atoms in total. The van der Waals surface area contributed by atoms with Crippen LogP contribution in [0.1, 0.15) is 6.42 Å². The van der Waals surface area contributed by atoms with Crippen LogP contribution in [-0.4, -0.2) is 9.52 Å². The Morgan fingerprint density at radius 2 is 2.30 bits per heavy atom. The van der Waals surface area contributed by atoms with Crippen molar-refractivity contribution in [2.24, 2.45) is 0 Å². The van der Waals surface area contributed by atoms with Crippen molar-refractivity contribution in [1.29, 1.82) is 0 Å². The summed E-state index contributed by atoms with van der Waals surface area (Å²) in [5.41, 5.74) is 0.745. The van der Waals surface area contributed by atoms with E-state index in [2.05, 4.69) is 31.9 Å². The lowest BCUT2D eigenvalue weighted by Crippen LogP contribution is -2.08. The second-order valence-corrected chi connectivity index (χ2v) is 6.01. The van der Waals surface area contributed by atoms with E-state index in [0.717, 1.165) is 18.3 Å². The van der Waals surface area contributed by atoms with Crippen molar-refractivity contribution >= 4 is 38.1 Å². The molecule has 0 fully saturated rings. The third-order valence-corrected chi connectivity index (χ3v) is 2.44. The smallest absolute Gasteiger partial charge is 0.149 e. The van der Waals surface area contributed by atoms with Gasteiger partial charge in [-0.1, -0.05) is 50.1 Å². The zero-order valence-electron chi connectivity index (χ0n) is 5.18. The number of aldehydes is 1. The van der Waals surface area contributed by atoms with Crippen LogP contribution >= 0.6 is 31.9 Å². The van der Waals surface area contributed by atoms with Crippen molar-refractivity contribution in [2.75, 3.05) is 0 Å². The van der Waals surface area contributed by atoms with E-state index >= 15 is 0 Å². The molecule has 1 rings (SSSR count). The highest BCUT2D eigenvalue weighted by atomic mass is 79.9. The van der Waals surface area contributed by atoms with Gasteiger partial charge in [0.15, 0.2) is 0 Å². The Bertz CT molecular complexity index is 204. The molecule has 0 saturated carbocycles. The lowest BCUT2D eigenvalue weighted by Gasteiger charge is -2.16. The van der Waals surface area contributed by atoms with Crippen LogP contribution in [0.3, 0.4) is 0 Å². The third kappa shape index (κ3) is 2.06. The molecule has 0 aromatic carbocycles. The van der Waals surface area contributed by atoms with Gasteiger partial charge in [0.2, 0.25) is 0 Å². The molecule has 1 aliphatic rings. The Morgan fingerprint density at radius 1 is 1.60 bits per heavy atom.